The Morgan fingerprint density at radius 1 is 1.09 bits per heavy atom. The van der Waals surface area contributed by atoms with Crippen LogP contribution in [0.4, 0.5) is 0 Å². The summed E-state index contributed by atoms with van der Waals surface area (Å²) in [4.78, 5) is 13.3. The average Bonchev–Trinajstić information content (AvgIpc) is 2.55. The van der Waals surface area contributed by atoms with Gasteiger partial charge in [0.1, 0.15) is 0 Å². The number of aryl methyl sites for hydroxylation is 1. The number of amides is 1. The van der Waals surface area contributed by atoms with Crippen molar-refractivity contribution in [3.63, 3.8) is 0 Å². The molecule has 0 radical (unpaired) electrons. The van der Waals surface area contributed by atoms with Crippen LogP contribution in [0.2, 0.25) is 0 Å². The third kappa shape index (κ3) is 5.23. The van der Waals surface area contributed by atoms with Crippen LogP contribution in [0, 0.1) is 6.92 Å². The summed E-state index contributed by atoms with van der Waals surface area (Å²) in [7, 11) is 0. The summed E-state index contributed by atoms with van der Waals surface area (Å²) in [6.45, 7) is 4.18. The summed E-state index contributed by atoms with van der Waals surface area (Å²) in [5.41, 5.74) is 2.43. The van der Waals surface area contributed by atoms with E-state index >= 15 is 0 Å². The van der Waals surface area contributed by atoms with E-state index < -0.39 is 0 Å². The third-order valence-electron chi connectivity index (χ3n) is 3.56. The summed E-state index contributed by atoms with van der Waals surface area (Å²) in [5.74, 6) is 0.926. The van der Waals surface area contributed by atoms with Gasteiger partial charge < -0.3 is 5.32 Å². The van der Waals surface area contributed by atoms with Crippen molar-refractivity contribution < 1.29 is 4.79 Å². The van der Waals surface area contributed by atoms with Gasteiger partial charge in [-0.05, 0) is 31.0 Å². The van der Waals surface area contributed by atoms with Gasteiger partial charge in [0.2, 0.25) is 5.91 Å². The van der Waals surface area contributed by atoms with Crippen molar-refractivity contribution >= 4 is 17.7 Å². The maximum atomic E-state index is 12.1. The summed E-state index contributed by atoms with van der Waals surface area (Å²) in [6.07, 6.45) is 1.45. The molecule has 116 valence electrons. The zero-order valence-corrected chi connectivity index (χ0v) is 14.0. The van der Waals surface area contributed by atoms with Gasteiger partial charge in [-0.2, -0.15) is 0 Å². The number of carbonyl (C=O) groups is 1. The van der Waals surface area contributed by atoms with Crippen molar-refractivity contribution in [3.8, 4) is 0 Å². The fraction of sp³-hybridized carbons (Fsp3) is 0.316. The molecule has 2 rings (SSSR count). The first-order valence-corrected chi connectivity index (χ1v) is 8.71. The SMILES string of the molecule is CC[C@H](NC(=O)CCSc1ccc(C)cc1)c1ccccc1. The van der Waals surface area contributed by atoms with Crippen molar-refractivity contribution in [1.82, 2.24) is 5.32 Å². The highest BCUT2D eigenvalue weighted by molar-refractivity contribution is 7.99. The van der Waals surface area contributed by atoms with E-state index in [-0.39, 0.29) is 11.9 Å². The van der Waals surface area contributed by atoms with Crippen molar-refractivity contribution in [3.05, 3.63) is 65.7 Å². The van der Waals surface area contributed by atoms with Gasteiger partial charge in [0.15, 0.2) is 0 Å². The lowest BCUT2D eigenvalue weighted by Crippen LogP contribution is -2.28. The van der Waals surface area contributed by atoms with Gasteiger partial charge in [-0.3, -0.25) is 4.79 Å². The zero-order chi connectivity index (χ0) is 15.8. The van der Waals surface area contributed by atoms with E-state index in [4.69, 9.17) is 0 Å². The average molecular weight is 313 g/mol. The maximum absolute atomic E-state index is 12.1. The number of carbonyl (C=O) groups excluding carboxylic acids is 1. The largest absolute Gasteiger partial charge is 0.349 e. The molecule has 0 unspecified atom stereocenters. The lowest BCUT2D eigenvalue weighted by Gasteiger charge is -2.17. The van der Waals surface area contributed by atoms with Crippen molar-refractivity contribution in [2.75, 3.05) is 5.75 Å². The van der Waals surface area contributed by atoms with Crippen LogP contribution in [0.15, 0.2) is 59.5 Å². The highest BCUT2D eigenvalue weighted by Gasteiger charge is 2.12. The second-order valence-corrected chi connectivity index (χ2v) is 6.52. The Labute approximate surface area is 137 Å². The highest BCUT2D eigenvalue weighted by Crippen LogP contribution is 2.20. The van der Waals surface area contributed by atoms with Crippen LogP contribution in [0.3, 0.4) is 0 Å². The van der Waals surface area contributed by atoms with Crippen molar-refractivity contribution in [1.29, 1.82) is 0 Å². The van der Waals surface area contributed by atoms with Crippen molar-refractivity contribution in [2.24, 2.45) is 0 Å². The molecule has 0 aliphatic rings. The summed E-state index contributed by atoms with van der Waals surface area (Å²) in [5, 5.41) is 3.13. The Morgan fingerprint density at radius 2 is 1.77 bits per heavy atom. The number of nitrogens with one attached hydrogen (secondary N) is 1. The Morgan fingerprint density at radius 3 is 2.41 bits per heavy atom. The van der Waals surface area contributed by atoms with Gasteiger partial charge >= 0.3 is 0 Å². The predicted molar refractivity (Wildman–Crippen MR) is 94.1 cm³/mol. The molecule has 0 heterocycles. The van der Waals surface area contributed by atoms with Crippen LogP contribution >= 0.6 is 11.8 Å². The van der Waals surface area contributed by atoms with Crippen molar-refractivity contribution in [2.45, 2.75) is 37.6 Å². The van der Waals surface area contributed by atoms with Gasteiger partial charge in [-0.1, -0.05) is 55.0 Å². The third-order valence-corrected chi connectivity index (χ3v) is 4.58. The van der Waals surface area contributed by atoms with Crippen LogP contribution in [-0.4, -0.2) is 11.7 Å². The molecule has 1 N–H and O–H groups in total. The Bertz CT molecular complexity index is 580. The number of hydrogen-bond donors (Lipinski definition) is 1. The van der Waals surface area contributed by atoms with E-state index in [1.807, 2.05) is 18.2 Å². The molecule has 1 amide bonds. The zero-order valence-electron chi connectivity index (χ0n) is 13.2. The molecule has 0 aromatic heterocycles. The maximum Gasteiger partial charge on any atom is 0.221 e. The first-order chi connectivity index (χ1) is 10.7. The highest BCUT2D eigenvalue weighted by atomic mass is 32.2. The molecule has 0 fully saturated rings. The molecule has 3 heteroatoms. The van der Waals surface area contributed by atoms with E-state index in [1.54, 1.807) is 11.8 Å². The van der Waals surface area contributed by atoms with Crippen LogP contribution in [-0.2, 0) is 4.79 Å². The number of hydrogen-bond acceptors (Lipinski definition) is 2. The quantitative estimate of drug-likeness (QED) is 0.748. The Kier molecular flexibility index (Phi) is 6.53. The molecule has 2 aromatic carbocycles. The second-order valence-electron chi connectivity index (χ2n) is 5.35. The number of thioether (sulfide) groups is 1. The molecule has 0 bridgehead atoms. The minimum absolute atomic E-state index is 0.109. The van der Waals surface area contributed by atoms with E-state index in [2.05, 4.69) is 55.6 Å². The number of benzene rings is 2. The van der Waals surface area contributed by atoms with Gasteiger partial charge in [0, 0.05) is 17.1 Å². The standard InChI is InChI=1S/C19H23NOS/c1-3-18(16-7-5-4-6-8-16)20-19(21)13-14-22-17-11-9-15(2)10-12-17/h4-12,18H,3,13-14H2,1-2H3,(H,20,21)/t18-/m0/s1. The van der Waals surface area contributed by atoms with E-state index in [0.717, 1.165) is 12.2 Å². The molecule has 0 aliphatic heterocycles. The molecule has 0 spiro atoms. The molecule has 2 aromatic rings. The first-order valence-electron chi connectivity index (χ1n) is 7.73. The van der Waals surface area contributed by atoms with Gasteiger partial charge in [0.05, 0.1) is 6.04 Å². The van der Waals surface area contributed by atoms with Crippen LogP contribution < -0.4 is 5.32 Å². The molecule has 1 atom stereocenters. The minimum atomic E-state index is 0.109. The van der Waals surface area contributed by atoms with E-state index in [9.17, 15) is 4.79 Å². The lowest BCUT2D eigenvalue weighted by atomic mass is 10.0. The molecule has 22 heavy (non-hydrogen) atoms. The predicted octanol–water partition coefficient (Wildman–Crippen LogP) is 4.74. The molecule has 0 saturated carbocycles. The van der Waals surface area contributed by atoms with Crippen LogP contribution in [0.25, 0.3) is 0 Å². The summed E-state index contributed by atoms with van der Waals surface area (Å²) in [6, 6.07) is 18.7. The monoisotopic (exact) mass is 313 g/mol. The number of rotatable bonds is 7. The topological polar surface area (TPSA) is 29.1 Å². The second kappa shape index (κ2) is 8.64. The van der Waals surface area contributed by atoms with E-state index in [1.165, 1.54) is 16.0 Å². The lowest BCUT2D eigenvalue weighted by molar-refractivity contribution is -0.121. The van der Waals surface area contributed by atoms with E-state index in [0.29, 0.717) is 6.42 Å². The fourth-order valence-electron chi connectivity index (χ4n) is 2.27. The molecule has 0 aliphatic carbocycles. The Hall–Kier alpha value is -1.74. The molecule has 2 nitrogen and oxygen atoms in total. The summed E-state index contributed by atoms with van der Waals surface area (Å²) >= 11 is 1.73. The molecular weight excluding hydrogens is 290 g/mol. The van der Waals surface area contributed by atoms with Gasteiger partial charge in [-0.25, -0.2) is 0 Å². The Balaban J connectivity index is 1.78. The first kappa shape index (κ1) is 16.6. The minimum Gasteiger partial charge on any atom is -0.349 e. The van der Waals surface area contributed by atoms with Gasteiger partial charge in [-0.15, -0.1) is 11.8 Å². The van der Waals surface area contributed by atoms with Crippen LogP contribution in [0.1, 0.15) is 36.9 Å². The smallest absolute Gasteiger partial charge is 0.221 e. The normalized spacial score (nSPS) is 11.9. The fourth-order valence-corrected chi connectivity index (χ4v) is 3.12. The molecular formula is C19H23NOS. The van der Waals surface area contributed by atoms with Crippen LogP contribution in [0.5, 0.6) is 0 Å². The summed E-state index contributed by atoms with van der Waals surface area (Å²) < 4.78 is 0. The molecule has 0 saturated heterocycles. The van der Waals surface area contributed by atoms with Gasteiger partial charge in [0.25, 0.3) is 0 Å².